The number of hydrogen-bond acceptors (Lipinski definition) is 4. The van der Waals surface area contributed by atoms with Gasteiger partial charge < -0.3 is 25.8 Å². The van der Waals surface area contributed by atoms with E-state index in [0.717, 1.165) is 11.3 Å². The van der Waals surface area contributed by atoms with Gasteiger partial charge in [0.2, 0.25) is 0 Å². The first-order valence-electron chi connectivity index (χ1n) is 9.32. The second kappa shape index (κ2) is 7.67. The van der Waals surface area contributed by atoms with E-state index in [1.165, 1.54) is 0 Å². The van der Waals surface area contributed by atoms with Crippen molar-refractivity contribution in [2.45, 2.75) is 13.0 Å². The lowest BCUT2D eigenvalue weighted by Crippen LogP contribution is -2.39. The van der Waals surface area contributed by atoms with Crippen LogP contribution in [0.5, 0.6) is 0 Å². The van der Waals surface area contributed by atoms with E-state index in [-0.39, 0.29) is 11.9 Å². The van der Waals surface area contributed by atoms with Gasteiger partial charge in [0.15, 0.2) is 0 Å². The van der Waals surface area contributed by atoms with Crippen LogP contribution in [-0.2, 0) is 20.0 Å². The molecule has 0 bridgehead atoms. The molecule has 0 atom stereocenters. The first-order valence-corrected chi connectivity index (χ1v) is 9.32. The van der Waals surface area contributed by atoms with Crippen molar-refractivity contribution in [3.05, 3.63) is 71.8 Å². The number of hydrogen-bond donors (Lipinski definition) is 3. The average molecular weight is 390 g/mol. The first-order chi connectivity index (χ1) is 14.0. The Bertz CT molecular complexity index is 1060. The number of nitrogen functional groups attached to an aromatic ring is 1. The number of carbonyl (C=O) groups excluding carboxylic acids is 2. The number of fused-ring (bicyclic) bond motifs is 1. The first kappa shape index (κ1) is 18.5. The van der Waals surface area contributed by atoms with Crippen LogP contribution in [0.25, 0.3) is 0 Å². The quantitative estimate of drug-likeness (QED) is 0.598. The lowest BCUT2D eigenvalue weighted by atomic mass is 10.1. The largest absolute Gasteiger partial charge is 0.397 e. The highest BCUT2D eigenvalue weighted by atomic mass is 16.2. The Morgan fingerprint density at radius 1 is 1.14 bits per heavy atom. The van der Waals surface area contributed by atoms with Crippen LogP contribution in [0.2, 0.25) is 0 Å². The number of nitrogens with one attached hydrogen (secondary N) is 2. The van der Waals surface area contributed by atoms with Crippen LogP contribution >= 0.6 is 0 Å². The van der Waals surface area contributed by atoms with Crippen molar-refractivity contribution in [3.8, 4) is 0 Å². The summed E-state index contributed by atoms with van der Waals surface area (Å²) in [6.07, 6.45) is 3.94. The fraction of sp³-hybridized carbons (Fsp3) is 0.190. The zero-order chi connectivity index (χ0) is 20.4. The monoisotopic (exact) mass is 390 g/mol. The van der Waals surface area contributed by atoms with E-state index in [0.29, 0.717) is 42.3 Å². The minimum atomic E-state index is -0.230. The maximum Gasteiger partial charge on any atom is 0.322 e. The van der Waals surface area contributed by atoms with Gasteiger partial charge in [0.05, 0.1) is 29.8 Å². The minimum absolute atomic E-state index is 0.187. The number of amides is 3. The van der Waals surface area contributed by atoms with Gasteiger partial charge >= 0.3 is 6.03 Å². The van der Waals surface area contributed by atoms with Crippen LogP contribution in [0.15, 0.2) is 54.9 Å². The van der Waals surface area contributed by atoms with Gasteiger partial charge in [-0.3, -0.25) is 9.78 Å². The van der Waals surface area contributed by atoms with Gasteiger partial charge in [-0.25, -0.2) is 4.79 Å². The topological polar surface area (TPSA) is 105 Å². The lowest BCUT2D eigenvalue weighted by Gasteiger charge is -2.28. The molecule has 8 heteroatoms. The molecule has 0 spiro atoms. The highest BCUT2D eigenvalue weighted by Crippen LogP contribution is 2.25. The lowest BCUT2D eigenvalue weighted by molar-refractivity contribution is 0.101. The van der Waals surface area contributed by atoms with E-state index >= 15 is 0 Å². The number of benzene rings is 1. The molecular weight excluding hydrogens is 368 g/mol. The third-order valence-corrected chi connectivity index (χ3v) is 5.08. The molecule has 0 radical (unpaired) electrons. The van der Waals surface area contributed by atoms with Crippen LogP contribution in [0.4, 0.5) is 21.9 Å². The maximum absolute atomic E-state index is 12.8. The number of para-hydroxylation sites is 2. The summed E-state index contributed by atoms with van der Waals surface area (Å²) in [6.45, 7) is 1.01. The molecule has 4 N–H and O–H groups in total. The summed E-state index contributed by atoms with van der Waals surface area (Å²) < 4.78 is 1.84. The molecule has 2 aromatic heterocycles. The molecule has 0 saturated heterocycles. The highest BCUT2D eigenvalue weighted by molar-refractivity contribution is 6.05. The highest BCUT2D eigenvalue weighted by Gasteiger charge is 2.26. The smallest absolute Gasteiger partial charge is 0.322 e. The van der Waals surface area contributed by atoms with Crippen molar-refractivity contribution in [1.82, 2.24) is 14.5 Å². The molecule has 1 aliphatic rings. The zero-order valence-electron chi connectivity index (χ0n) is 16.1. The van der Waals surface area contributed by atoms with Crippen molar-refractivity contribution in [2.24, 2.45) is 7.05 Å². The molecule has 1 aliphatic heterocycles. The van der Waals surface area contributed by atoms with Crippen LogP contribution in [0.3, 0.4) is 0 Å². The van der Waals surface area contributed by atoms with Gasteiger partial charge in [0.25, 0.3) is 5.91 Å². The molecule has 0 unspecified atom stereocenters. The number of nitrogens with zero attached hydrogens (tertiary/aromatic N) is 3. The zero-order valence-corrected chi connectivity index (χ0v) is 16.1. The van der Waals surface area contributed by atoms with Crippen LogP contribution in [-0.4, -0.2) is 32.9 Å². The van der Waals surface area contributed by atoms with E-state index in [1.807, 2.05) is 29.8 Å². The Morgan fingerprint density at radius 2 is 1.97 bits per heavy atom. The molecule has 0 saturated carbocycles. The Hall–Kier alpha value is -3.81. The third-order valence-electron chi connectivity index (χ3n) is 5.08. The summed E-state index contributed by atoms with van der Waals surface area (Å²) in [5.41, 5.74) is 10.2. The number of pyridine rings is 1. The van der Waals surface area contributed by atoms with E-state index in [9.17, 15) is 9.59 Å². The SMILES string of the molecule is Cn1c(C(=O)Nc2ccccc2N)cc2c1CN(C(=O)Nc1cccnc1)CC2. The number of aromatic nitrogens is 2. The Labute approximate surface area is 168 Å². The third kappa shape index (κ3) is 3.77. The number of anilines is 3. The van der Waals surface area contributed by atoms with Crippen LogP contribution in [0, 0.1) is 0 Å². The van der Waals surface area contributed by atoms with Crippen molar-refractivity contribution in [1.29, 1.82) is 0 Å². The van der Waals surface area contributed by atoms with Crippen LogP contribution < -0.4 is 16.4 Å². The Kier molecular flexibility index (Phi) is 4.90. The fourth-order valence-electron chi connectivity index (χ4n) is 3.47. The molecule has 1 aromatic carbocycles. The van der Waals surface area contributed by atoms with Crippen molar-refractivity contribution in [2.75, 3.05) is 22.9 Å². The van der Waals surface area contributed by atoms with Gasteiger partial charge in [-0.1, -0.05) is 12.1 Å². The number of rotatable bonds is 3. The second-order valence-electron chi connectivity index (χ2n) is 6.95. The summed E-state index contributed by atoms with van der Waals surface area (Å²) in [7, 11) is 1.84. The summed E-state index contributed by atoms with van der Waals surface area (Å²) in [6, 6.07) is 12.4. The van der Waals surface area contributed by atoms with Crippen LogP contribution in [0.1, 0.15) is 21.7 Å². The van der Waals surface area contributed by atoms with Crippen molar-refractivity contribution >= 4 is 29.0 Å². The number of carbonyl (C=O) groups is 2. The standard InChI is InChI=1S/C21H22N6O2/c1-26-18(20(28)25-17-7-3-2-6-16(17)22)11-14-8-10-27(13-19(14)26)21(29)24-15-5-4-9-23-12-15/h2-7,9,11-12H,8,10,13,22H2,1H3,(H,24,29)(H,25,28). The second-order valence-corrected chi connectivity index (χ2v) is 6.95. The molecule has 148 valence electrons. The Morgan fingerprint density at radius 3 is 2.72 bits per heavy atom. The minimum Gasteiger partial charge on any atom is -0.397 e. The van der Waals surface area contributed by atoms with Gasteiger partial charge in [-0.2, -0.15) is 0 Å². The van der Waals surface area contributed by atoms with Gasteiger partial charge in [-0.15, -0.1) is 0 Å². The van der Waals surface area contributed by atoms with E-state index < -0.39 is 0 Å². The normalized spacial score (nSPS) is 12.9. The molecule has 8 nitrogen and oxygen atoms in total. The number of nitrogens with two attached hydrogens (primary N) is 1. The van der Waals surface area contributed by atoms with Crippen molar-refractivity contribution in [3.63, 3.8) is 0 Å². The number of urea groups is 1. The predicted octanol–water partition coefficient (Wildman–Crippen LogP) is 2.84. The summed E-state index contributed by atoms with van der Waals surface area (Å²) in [5, 5.41) is 5.71. The van der Waals surface area contributed by atoms with Crippen molar-refractivity contribution < 1.29 is 9.59 Å². The summed E-state index contributed by atoms with van der Waals surface area (Å²) in [4.78, 5) is 31.1. The molecule has 4 rings (SSSR count). The fourth-order valence-corrected chi connectivity index (χ4v) is 3.47. The molecule has 29 heavy (non-hydrogen) atoms. The molecule has 0 fully saturated rings. The molecular formula is C21H22N6O2. The van der Waals surface area contributed by atoms with E-state index in [4.69, 9.17) is 5.73 Å². The molecule has 3 amide bonds. The Balaban J connectivity index is 1.49. The predicted molar refractivity (Wildman–Crippen MR) is 112 cm³/mol. The average Bonchev–Trinajstić information content (AvgIpc) is 3.06. The van der Waals surface area contributed by atoms with E-state index in [2.05, 4.69) is 15.6 Å². The molecule has 3 aromatic rings. The van der Waals surface area contributed by atoms with Gasteiger partial charge in [0.1, 0.15) is 5.69 Å². The van der Waals surface area contributed by atoms with Gasteiger partial charge in [-0.05, 0) is 42.3 Å². The molecule has 3 heterocycles. The summed E-state index contributed by atoms with van der Waals surface area (Å²) in [5.74, 6) is -0.230. The molecule has 0 aliphatic carbocycles. The summed E-state index contributed by atoms with van der Waals surface area (Å²) >= 11 is 0. The maximum atomic E-state index is 12.8. The van der Waals surface area contributed by atoms with Gasteiger partial charge in [0, 0.05) is 25.5 Å². The van der Waals surface area contributed by atoms with E-state index in [1.54, 1.807) is 41.6 Å².